The Morgan fingerprint density at radius 2 is 1.77 bits per heavy atom. The molecule has 1 heterocycles. The van der Waals surface area contributed by atoms with Crippen LogP contribution < -0.4 is 24.2 Å². The van der Waals surface area contributed by atoms with E-state index in [4.69, 9.17) is 14.7 Å². The average molecular weight is 378 g/mol. The maximum Gasteiger partial charge on any atom is 0.336 e. The van der Waals surface area contributed by atoms with E-state index in [2.05, 4.69) is 20.0 Å². The molecule has 0 unspecified atom stereocenters. The third kappa shape index (κ3) is 4.95. The van der Waals surface area contributed by atoms with Crippen molar-refractivity contribution in [3.8, 4) is 17.8 Å². The molecule has 0 aliphatic rings. The highest BCUT2D eigenvalue weighted by molar-refractivity contribution is 7.91. The minimum atomic E-state index is -4.30. The smallest absolute Gasteiger partial charge is 0.336 e. The molecule has 0 saturated heterocycles. The number of methoxy groups -OCH3 is 2. The van der Waals surface area contributed by atoms with Crippen LogP contribution in [0.2, 0.25) is 0 Å². The molecule has 1 aromatic heterocycles. The van der Waals surface area contributed by atoms with Gasteiger partial charge in [0.1, 0.15) is 6.07 Å². The highest BCUT2D eigenvalue weighted by Crippen LogP contribution is 2.17. The summed E-state index contributed by atoms with van der Waals surface area (Å²) in [6.07, 6.45) is 0. The van der Waals surface area contributed by atoms with Gasteiger partial charge in [0.25, 0.3) is 0 Å². The number of nitrogens with zero attached hydrogens (tertiary/aromatic N) is 3. The molecule has 0 bridgehead atoms. The summed E-state index contributed by atoms with van der Waals surface area (Å²) in [4.78, 5) is 19.6. The van der Waals surface area contributed by atoms with Gasteiger partial charge >= 0.3 is 16.2 Å². The number of para-hydroxylation sites is 1. The van der Waals surface area contributed by atoms with Crippen molar-refractivity contribution >= 4 is 27.9 Å². The van der Waals surface area contributed by atoms with Crippen LogP contribution in [0.15, 0.2) is 30.3 Å². The number of anilines is 2. The average Bonchev–Trinajstić information content (AvgIpc) is 2.60. The number of urea groups is 1. The van der Waals surface area contributed by atoms with E-state index < -0.39 is 16.2 Å². The molecule has 2 amide bonds. The summed E-state index contributed by atoms with van der Waals surface area (Å²) in [5.41, 5.74) is 0.119. The zero-order valence-electron chi connectivity index (χ0n) is 13.7. The number of ether oxygens (including phenoxy) is 2. The summed E-state index contributed by atoms with van der Waals surface area (Å²) < 4.78 is 37.7. The van der Waals surface area contributed by atoms with E-state index in [9.17, 15) is 13.2 Å². The maximum atomic E-state index is 12.0. The fourth-order valence-corrected chi connectivity index (χ4v) is 2.57. The lowest BCUT2D eigenvalue weighted by Crippen LogP contribution is -2.38. The number of aromatic nitrogens is 2. The van der Waals surface area contributed by atoms with Gasteiger partial charge in [-0.3, -0.25) is 10.0 Å². The molecule has 3 N–H and O–H groups in total. The van der Waals surface area contributed by atoms with Crippen molar-refractivity contribution in [2.24, 2.45) is 0 Å². The van der Waals surface area contributed by atoms with Crippen molar-refractivity contribution in [1.82, 2.24) is 14.7 Å². The normalized spacial score (nSPS) is 10.3. The van der Waals surface area contributed by atoms with Crippen LogP contribution in [0, 0.1) is 11.3 Å². The van der Waals surface area contributed by atoms with Crippen molar-refractivity contribution in [2.75, 3.05) is 24.3 Å². The number of carbonyl (C=O) groups is 1. The zero-order valence-corrected chi connectivity index (χ0v) is 14.5. The summed E-state index contributed by atoms with van der Waals surface area (Å²) in [5, 5.41) is 11.1. The molecule has 136 valence electrons. The zero-order chi connectivity index (χ0) is 19.2. The molecular weight excluding hydrogens is 364 g/mol. The van der Waals surface area contributed by atoms with E-state index in [-0.39, 0.29) is 29.0 Å². The summed E-state index contributed by atoms with van der Waals surface area (Å²) >= 11 is 0. The highest BCUT2D eigenvalue weighted by atomic mass is 32.2. The van der Waals surface area contributed by atoms with Crippen molar-refractivity contribution < 1.29 is 22.7 Å². The second-order valence-corrected chi connectivity index (χ2v) is 6.01. The third-order valence-corrected chi connectivity index (χ3v) is 3.78. The van der Waals surface area contributed by atoms with Crippen LogP contribution >= 0.6 is 0 Å². The van der Waals surface area contributed by atoms with Crippen LogP contribution in [0.25, 0.3) is 0 Å². The molecule has 0 fully saturated rings. The maximum absolute atomic E-state index is 12.0. The van der Waals surface area contributed by atoms with Gasteiger partial charge in [0.2, 0.25) is 17.7 Å². The van der Waals surface area contributed by atoms with Crippen molar-refractivity contribution in [1.29, 1.82) is 5.26 Å². The molecule has 0 aliphatic carbocycles. The van der Waals surface area contributed by atoms with E-state index in [0.29, 0.717) is 0 Å². The molecule has 2 rings (SSSR count). The van der Waals surface area contributed by atoms with E-state index in [1.165, 1.54) is 38.5 Å². The SMILES string of the molecule is COc1cc(OC)nc(NC(=O)NS(=O)(=O)Nc2ccccc2C#N)n1. The van der Waals surface area contributed by atoms with E-state index in [1.807, 2.05) is 6.07 Å². The predicted octanol–water partition coefficient (Wildman–Crippen LogP) is 0.844. The number of carbonyl (C=O) groups excluding carboxylic acids is 1. The van der Waals surface area contributed by atoms with Crippen molar-refractivity contribution in [3.63, 3.8) is 0 Å². The summed E-state index contributed by atoms with van der Waals surface area (Å²) in [5.74, 6) is -0.0153. The van der Waals surface area contributed by atoms with Gasteiger partial charge in [-0.15, -0.1) is 0 Å². The lowest BCUT2D eigenvalue weighted by Gasteiger charge is -2.11. The third-order valence-electron chi connectivity index (χ3n) is 2.84. The predicted molar refractivity (Wildman–Crippen MR) is 91.0 cm³/mol. The summed E-state index contributed by atoms with van der Waals surface area (Å²) in [6, 6.07) is 8.00. The molecule has 1 aromatic carbocycles. The van der Waals surface area contributed by atoms with E-state index >= 15 is 0 Å². The molecule has 0 saturated carbocycles. The van der Waals surface area contributed by atoms with Crippen LogP contribution in [-0.4, -0.2) is 38.6 Å². The Labute approximate surface area is 149 Å². The minimum absolute atomic E-state index is 0.0228. The molecule has 0 spiro atoms. The lowest BCUT2D eigenvalue weighted by molar-refractivity contribution is 0.256. The molecule has 12 heteroatoms. The standard InChI is InChI=1S/C14H14N6O5S/c1-24-11-7-12(25-2)17-13(16-11)18-14(21)20-26(22,23)19-10-6-4-3-5-9(10)8-15/h3-7,19H,1-2H3,(H2,16,17,18,20,21). The van der Waals surface area contributed by atoms with Gasteiger partial charge in [0, 0.05) is 0 Å². The van der Waals surface area contributed by atoms with Gasteiger partial charge in [-0.05, 0) is 12.1 Å². The molecule has 0 radical (unpaired) electrons. The van der Waals surface area contributed by atoms with Crippen LogP contribution in [0.1, 0.15) is 5.56 Å². The minimum Gasteiger partial charge on any atom is -0.481 e. The van der Waals surface area contributed by atoms with Crippen LogP contribution in [0.3, 0.4) is 0 Å². The Kier molecular flexibility index (Phi) is 5.76. The Balaban J connectivity index is 2.10. The first kappa shape index (κ1) is 18.7. The largest absolute Gasteiger partial charge is 0.481 e. The number of amides is 2. The first-order chi connectivity index (χ1) is 12.4. The van der Waals surface area contributed by atoms with E-state index in [0.717, 1.165) is 0 Å². The fraction of sp³-hybridized carbons (Fsp3) is 0.143. The van der Waals surface area contributed by atoms with Gasteiger partial charge in [0.15, 0.2) is 0 Å². The Hall–Kier alpha value is -3.59. The topological polar surface area (TPSA) is 155 Å². The number of hydrogen-bond acceptors (Lipinski definition) is 8. The first-order valence-corrected chi connectivity index (χ1v) is 8.43. The van der Waals surface area contributed by atoms with Crippen molar-refractivity contribution in [3.05, 3.63) is 35.9 Å². The quantitative estimate of drug-likeness (QED) is 0.668. The Morgan fingerprint density at radius 1 is 1.15 bits per heavy atom. The second-order valence-electron chi connectivity index (χ2n) is 4.60. The Morgan fingerprint density at radius 3 is 2.35 bits per heavy atom. The monoisotopic (exact) mass is 378 g/mol. The van der Waals surface area contributed by atoms with Gasteiger partial charge in [-0.2, -0.15) is 23.6 Å². The molecular formula is C14H14N6O5S. The first-order valence-electron chi connectivity index (χ1n) is 6.94. The van der Waals surface area contributed by atoms with Crippen LogP contribution in [0.4, 0.5) is 16.4 Å². The molecule has 0 atom stereocenters. The number of nitriles is 1. The lowest BCUT2D eigenvalue weighted by atomic mass is 10.2. The van der Waals surface area contributed by atoms with Gasteiger partial charge < -0.3 is 9.47 Å². The number of benzene rings is 1. The van der Waals surface area contributed by atoms with Crippen molar-refractivity contribution in [2.45, 2.75) is 0 Å². The summed E-state index contributed by atoms with van der Waals surface area (Å²) in [7, 11) is -1.59. The second kappa shape index (κ2) is 7.99. The molecule has 0 aliphatic heterocycles. The number of hydrogen-bond donors (Lipinski definition) is 3. The van der Waals surface area contributed by atoms with Crippen LogP contribution in [-0.2, 0) is 10.2 Å². The molecule has 26 heavy (non-hydrogen) atoms. The van der Waals surface area contributed by atoms with Gasteiger partial charge in [0.05, 0.1) is 31.5 Å². The Bertz CT molecular complexity index is 934. The molecule has 2 aromatic rings. The van der Waals surface area contributed by atoms with Gasteiger partial charge in [-0.1, -0.05) is 12.1 Å². The summed E-state index contributed by atoms with van der Waals surface area (Å²) in [6.45, 7) is 0. The number of rotatable bonds is 6. The molecule has 11 nitrogen and oxygen atoms in total. The van der Waals surface area contributed by atoms with E-state index in [1.54, 1.807) is 10.8 Å². The van der Waals surface area contributed by atoms with Crippen LogP contribution in [0.5, 0.6) is 11.8 Å². The highest BCUT2D eigenvalue weighted by Gasteiger charge is 2.17. The van der Waals surface area contributed by atoms with Gasteiger partial charge in [-0.25, -0.2) is 9.52 Å². The number of nitrogens with one attached hydrogen (secondary N) is 3. The fourth-order valence-electron chi connectivity index (χ4n) is 1.76.